The Hall–Kier alpha value is -1.24. The molecule has 1 saturated carbocycles. The molecule has 2 rings (SSSR count). The molecule has 138 valence electrons. The van der Waals surface area contributed by atoms with E-state index < -0.39 is 18.0 Å². The van der Waals surface area contributed by atoms with Crippen LogP contribution in [0.25, 0.3) is 0 Å². The Bertz CT molecular complexity index is 468. The molecule has 2 aliphatic rings. The molecule has 0 aromatic rings. The van der Waals surface area contributed by atoms with Crippen LogP contribution in [-0.4, -0.2) is 41.3 Å². The lowest BCUT2D eigenvalue weighted by atomic mass is 9.87. The Morgan fingerprint density at radius 1 is 1.50 bits per heavy atom. The quantitative estimate of drug-likeness (QED) is 0.683. The number of rotatable bonds is 8. The van der Waals surface area contributed by atoms with E-state index in [0.29, 0.717) is 25.7 Å². The molecule has 0 radical (unpaired) electrons. The molecule has 5 nitrogen and oxygen atoms in total. The largest absolute Gasteiger partial charge is 0.462 e. The lowest BCUT2D eigenvalue weighted by Crippen LogP contribution is -2.33. The van der Waals surface area contributed by atoms with Gasteiger partial charge >= 0.3 is 11.9 Å². The minimum atomic E-state index is -3.07. The molecule has 1 aliphatic carbocycles. The number of fused-ring (bicyclic) bond motifs is 1. The van der Waals surface area contributed by atoms with Crippen molar-refractivity contribution in [3.05, 3.63) is 0 Å². The molecular formula is C17H26F2O5. The molecule has 1 aliphatic heterocycles. The van der Waals surface area contributed by atoms with Gasteiger partial charge in [-0.25, -0.2) is 8.78 Å². The monoisotopic (exact) mass is 348 g/mol. The van der Waals surface area contributed by atoms with E-state index in [-0.39, 0.29) is 49.3 Å². The molecule has 7 heteroatoms. The van der Waals surface area contributed by atoms with E-state index in [9.17, 15) is 23.5 Å². The summed E-state index contributed by atoms with van der Waals surface area (Å²) in [6.07, 6.45) is -0.639. The van der Waals surface area contributed by atoms with Gasteiger partial charge in [-0.2, -0.15) is 0 Å². The van der Waals surface area contributed by atoms with Gasteiger partial charge in [0.05, 0.1) is 6.42 Å². The average Bonchev–Trinajstić information content (AvgIpc) is 2.95. The summed E-state index contributed by atoms with van der Waals surface area (Å²) in [5.74, 6) is -3.85. The normalized spacial score (nSPS) is 30.8. The Labute approximate surface area is 140 Å². The molecule has 0 bridgehead atoms. The van der Waals surface area contributed by atoms with Gasteiger partial charge in [0, 0.05) is 31.6 Å². The van der Waals surface area contributed by atoms with Crippen molar-refractivity contribution < 1.29 is 33.0 Å². The number of aliphatic hydroxyl groups is 1. The van der Waals surface area contributed by atoms with E-state index in [1.54, 1.807) is 6.92 Å². The van der Waals surface area contributed by atoms with Crippen molar-refractivity contribution in [2.75, 3.05) is 0 Å². The third-order valence-electron chi connectivity index (χ3n) is 5.06. The van der Waals surface area contributed by atoms with Crippen LogP contribution in [0.1, 0.15) is 58.8 Å². The topological polar surface area (TPSA) is 72.8 Å². The fourth-order valence-electron chi connectivity index (χ4n) is 3.96. The lowest BCUT2D eigenvalue weighted by molar-refractivity contribution is -0.150. The first-order valence-corrected chi connectivity index (χ1v) is 8.67. The number of carbonyl (C=O) groups is 2. The first-order chi connectivity index (χ1) is 11.2. The van der Waals surface area contributed by atoms with Crippen molar-refractivity contribution >= 4 is 11.9 Å². The van der Waals surface area contributed by atoms with Crippen LogP contribution in [0, 0.1) is 11.8 Å². The minimum absolute atomic E-state index is 0.0114. The zero-order valence-corrected chi connectivity index (χ0v) is 14.2. The maximum Gasteiger partial charge on any atom is 0.306 e. The summed E-state index contributed by atoms with van der Waals surface area (Å²) in [6.45, 7) is 2.98. The second-order valence-corrected chi connectivity index (χ2v) is 6.90. The third kappa shape index (κ3) is 4.43. The Balaban J connectivity index is 1.90. The number of hydrogen-bond acceptors (Lipinski definition) is 5. The van der Waals surface area contributed by atoms with Gasteiger partial charge in [-0.3, -0.25) is 9.59 Å². The summed E-state index contributed by atoms with van der Waals surface area (Å²) in [7, 11) is 0. The van der Waals surface area contributed by atoms with Crippen molar-refractivity contribution in [3.63, 3.8) is 0 Å². The number of ether oxygens (including phenoxy) is 2. The Morgan fingerprint density at radius 2 is 2.21 bits per heavy atom. The fraction of sp³-hybridized carbons (Fsp3) is 0.882. The summed E-state index contributed by atoms with van der Waals surface area (Å²) >= 11 is 0. The second-order valence-electron chi connectivity index (χ2n) is 6.90. The number of aliphatic hydroxyl groups excluding tert-OH is 1. The maximum absolute atomic E-state index is 13.6. The Morgan fingerprint density at radius 3 is 2.83 bits per heavy atom. The standard InChI is InChI=1S/C17H26F2O5/c1-3-7-17(18,19)15(21)6-4-5-11-12-8-16(22)24-14(12)9-13(11)23-10(2)20/h11-15,21H,3-9H2,1-2H3/t11-,12-,13-,14+,15?/m1/s1. The van der Waals surface area contributed by atoms with Crippen molar-refractivity contribution in [2.45, 2.75) is 83.0 Å². The summed E-state index contributed by atoms with van der Waals surface area (Å²) < 4.78 is 37.9. The van der Waals surface area contributed by atoms with Crippen molar-refractivity contribution in [1.29, 1.82) is 0 Å². The molecule has 2 fully saturated rings. The molecule has 1 saturated heterocycles. The van der Waals surface area contributed by atoms with E-state index in [4.69, 9.17) is 9.47 Å². The van der Waals surface area contributed by atoms with Gasteiger partial charge in [-0.1, -0.05) is 19.8 Å². The average molecular weight is 348 g/mol. The molecule has 0 spiro atoms. The van der Waals surface area contributed by atoms with Gasteiger partial charge < -0.3 is 14.6 Å². The van der Waals surface area contributed by atoms with E-state index >= 15 is 0 Å². The second kappa shape index (κ2) is 7.76. The molecule has 0 aromatic heterocycles. The van der Waals surface area contributed by atoms with E-state index in [0.717, 1.165) is 0 Å². The molecule has 24 heavy (non-hydrogen) atoms. The van der Waals surface area contributed by atoms with E-state index in [1.807, 2.05) is 0 Å². The van der Waals surface area contributed by atoms with Gasteiger partial charge in [0.2, 0.25) is 0 Å². The first-order valence-electron chi connectivity index (χ1n) is 8.67. The van der Waals surface area contributed by atoms with Crippen LogP contribution in [0.5, 0.6) is 0 Å². The van der Waals surface area contributed by atoms with Crippen LogP contribution in [0.2, 0.25) is 0 Å². The van der Waals surface area contributed by atoms with Gasteiger partial charge in [0.1, 0.15) is 18.3 Å². The predicted octanol–water partition coefficient (Wildman–Crippen LogP) is 2.84. The van der Waals surface area contributed by atoms with Crippen LogP contribution in [-0.2, 0) is 19.1 Å². The third-order valence-corrected chi connectivity index (χ3v) is 5.06. The fourth-order valence-corrected chi connectivity index (χ4v) is 3.96. The van der Waals surface area contributed by atoms with Gasteiger partial charge in [-0.05, 0) is 12.8 Å². The van der Waals surface area contributed by atoms with Gasteiger partial charge in [-0.15, -0.1) is 0 Å². The molecule has 5 atom stereocenters. The molecule has 1 heterocycles. The van der Waals surface area contributed by atoms with Crippen LogP contribution >= 0.6 is 0 Å². The summed E-state index contributed by atoms with van der Waals surface area (Å²) in [6, 6.07) is 0. The molecule has 1 N–H and O–H groups in total. The predicted molar refractivity (Wildman–Crippen MR) is 81.4 cm³/mol. The lowest BCUT2D eigenvalue weighted by Gasteiger charge is -2.25. The van der Waals surface area contributed by atoms with Crippen molar-refractivity contribution in [3.8, 4) is 0 Å². The highest BCUT2D eigenvalue weighted by Gasteiger charge is 2.51. The number of carbonyl (C=O) groups excluding carboxylic acids is 2. The molecule has 0 aromatic carbocycles. The highest BCUT2D eigenvalue weighted by atomic mass is 19.3. The SMILES string of the molecule is CCCC(F)(F)C(O)CCC[C@@H]1[C@H]2CC(=O)O[C@H]2C[C@H]1OC(C)=O. The van der Waals surface area contributed by atoms with Crippen LogP contribution in [0.15, 0.2) is 0 Å². The van der Waals surface area contributed by atoms with E-state index in [2.05, 4.69) is 0 Å². The van der Waals surface area contributed by atoms with Crippen LogP contribution in [0.4, 0.5) is 8.78 Å². The highest BCUT2D eigenvalue weighted by molar-refractivity contribution is 5.72. The number of halogens is 2. The summed E-state index contributed by atoms with van der Waals surface area (Å²) in [5, 5.41) is 9.71. The number of hydrogen-bond donors (Lipinski definition) is 1. The number of esters is 2. The smallest absolute Gasteiger partial charge is 0.306 e. The zero-order chi connectivity index (χ0) is 17.9. The maximum atomic E-state index is 13.6. The first kappa shape index (κ1) is 19.1. The van der Waals surface area contributed by atoms with Gasteiger partial charge in [0.25, 0.3) is 5.92 Å². The zero-order valence-electron chi connectivity index (χ0n) is 14.2. The highest BCUT2D eigenvalue weighted by Crippen LogP contribution is 2.45. The van der Waals surface area contributed by atoms with Crippen molar-refractivity contribution in [2.24, 2.45) is 11.8 Å². The van der Waals surface area contributed by atoms with E-state index in [1.165, 1.54) is 6.92 Å². The minimum Gasteiger partial charge on any atom is -0.462 e. The molecule has 0 amide bonds. The molecule has 1 unspecified atom stereocenters. The molecular weight excluding hydrogens is 322 g/mol. The number of alkyl halides is 2. The summed E-state index contributed by atoms with van der Waals surface area (Å²) in [5.41, 5.74) is 0. The van der Waals surface area contributed by atoms with Crippen molar-refractivity contribution in [1.82, 2.24) is 0 Å². The van der Waals surface area contributed by atoms with Gasteiger partial charge in [0.15, 0.2) is 0 Å². The van der Waals surface area contributed by atoms with Crippen LogP contribution < -0.4 is 0 Å². The van der Waals surface area contributed by atoms with Crippen LogP contribution in [0.3, 0.4) is 0 Å². The Kier molecular flexibility index (Phi) is 6.17. The summed E-state index contributed by atoms with van der Waals surface area (Å²) in [4.78, 5) is 22.7.